The molecule has 0 saturated carbocycles. The first kappa shape index (κ1) is 17.6. The standard InChI is InChI=1S/C19H16N2O4S/c22-19(23)12-14-3-7-17(8-4-14)21-26(24,25)18-9-5-15(6-10-18)16-2-1-11-20-13-16/h1-11,13,21H,12H2,(H,22,23). The summed E-state index contributed by atoms with van der Waals surface area (Å²) >= 11 is 0. The van der Waals surface area contributed by atoms with Gasteiger partial charge in [0.1, 0.15) is 0 Å². The molecule has 0 fully saturated rings. The van der Waals surface area contributed by atoms with Crippen LogP contribution in [0.3, 0.4) is 0 Å². The number of rotatable bonds is 6. The summed E-state index contributed by atoms with van der Waals surface area (Å²) in [6, 6.07) is 16.5. The Morgan fingerprint density at radius 3 is 2.23 bits per heavy atom. The van der Waals surface area contributed by atoms with Crippen LogP contribution in [0.5, 0.6) is 0 Å². The minimum absolute atomic E-state index is 0.108. The van der Waals surface area contributed by atoms with Crippen LogP contribution < -0.4 is 4.72 Å². The highest BCUT2D eigenvalue weighted by molar-refractivity contribution is 7.92. The number of pyridine rings is 1. The molecular formula is C19H16N2O4S. The Hall–Kier alpha value is -3.19. The van der Waals surface area contributed by atoms with E-state index >= 15 is 0 Å². The number of carboxylic acid groups (broad SMARTS) is 1. The van der Waals surface area contributed by atoms with Gasteiger partial charge in [-0.15, -0.1) is 0 Å². The van der Waals surface area contributed by atoms with Gasteiger partial charge in [0.05, 0.1) is 11.3 Å². The fourth-order valence-corrected chi connectivity index (χ4v) is 3.50. The second-order valence-electron chi connectivity index (χ2n) is 5.64. The first-order valence-electron chi connectivity index (χ1n) is 7.78. The van der Waals surface area contributed by atoms with Gasteiger partial charge in [-0.3, -0.25) is 14.5 Å². The molecule has 7 heteroatoms. The number of nitrogens with zero attached hydrogens (tertiary/aromatic N) is 1. The van der Waals surface area contributed by atoms with Gasteiger partial charge in [-0.25, -0.2) is 8.42 Å². The van der Waals surface area contributed by atoms with Crippen molar-refractivity contribution in [1.82, 2.24) is 4.98 Å². The molecule has 0 aliphatic heterocycles. The van der Waals surface area contributed by atoms with Crippen molar-refractivity contribution in [1.29, 1.82) is 0 Å². The van der Waals surface area contributed by atoms with Gasteiger partial charge in [-0.2, -0.15) is 0 Å². The van der Waals surface area contributed by atoms with Gasteiger partial charge in [0.15, 0.2) is 0 Å². The van der Waals surface area contributed by atoms with E-state index in [-0.39, 0.29) is 11.3 Å². The molecule has 26 heavy (non-hydrogen) atoms. The van der Waals surface area contributed by atoms with Crippen LogP contribution in [0.25, 0.3) is 11.1 Å². The normalized spacial score (nSPS) is 11.1. The molecule has 1 heterocycles. The lowest BCUT2D eigenvalue weighted by Gasteiger charge is -2.09. The van der Waals surface area contributed by atoms with Crippen molar-refractivity contribution in [3.63, 3.8) is 0 Å². The van der Waals surface area contributed by atoms with Crippen molar-refractivity contribution in [3.8, 4) is 11.1 Å². The predicted molar refractivity (Wildman–Crippen MR) is 98.3 cm³/mol. The van der Waals surface area contributed by atoms with E-state index in [4.69, 9.17) is 5.11 Å². The second kappa shape index (κ2) is 7.37. The van der Waals surface area contributed by atoms with Gasteiger partial charge in [0.25, 0.3) is 10.0 Å². The van der Waals surface area contributed by atoms with Crippen molar-refractivity contribution >= 4 is 21.7 Å². The van der Waals surface area contributed by atoms with Gasteiger partial charge in [0, 0.05) is 18.1 Å². The van der Waals surface area contributed by atoms with E-state index in [1.54, 1.807) is 48.8 Å². The molecule has 0 bridgehead atoms. The molecule has 0 saturated heterocycles. The summed E-state index contributed by atoms with van der Waals surface area (Å²) in [4.78, 5) is 14.9. The lowest BCUT2D eigenvalue weighted by molar-refractivity contribution is -0.136. The predicted octanol–water partition coefficient (Wildman–Crippen LogP) is 3.18. The Morgan fingerprint density at radius 2 is 1.65 bits per heavy atom. The van der Waals surface area contributed by atoms with E-state index in [1.807, 2.05) is 12.1 Å². The molecule has 1 aromatic heterocycles. The fourth-order valence-electron chi connectivity index (χ4n) is 2.44. The highest BCUT2D eigenvalue weighted by atomic mass is 32.2. The van der Waals surface area contributed by atoms with E-state index in [0.29, 0.717) is 11.3 Å². The number of sulfonamides is 1. The zero-order chi connectivity index (χ0) is 18.6. The Labute approximate surface area is 151 Å². The first-order chi connectivity index (χ1) is 12.4. The van der Waals surface area contributed by atoms with Gasteiger partial charge in [-0.1, -0.05) is 30.3 Å². The van der Waals surface area contributed by atoms with Crippen LogP contribution in [-0.4, -0.2) is 24.5 Å². The van der Waals surface area contributed by atoms with Gasteiger partial charge < -0.3 is 5.11 Å². The zero-order valence-electron chi connectivity index (χ0n) is 13.7. The molecular weight excluding hydrogens is 352 g/mol. The maximum Gasteiger partial charge on any atom is 0.307 e. The number of nitrogens with one attached hydrogen (secondary N) is 1. The van der Waals surface area contributed by atoms with Crippen LogP contribution in [0.15, 0.2) is 78.0 Å². The number of anilines is 1. The third-order valence-electron chi connectivity index (χ3n) is 3.72. The van der Waals surface area contributed by atoms with E-state index < -0.39 is 16.0 Å². The third kappa shape index (κ3) is 4.25. The van der Waals surface area contributed by atoms with Crippen molar-refractivity contribution in [2.45, 2.75) is 11.3 Å². The number of aliphatic carboxylic acids is 1. The van der Waals surface area contributed by atoms with E-state index in [0.717, 1.165) is 11.1 Å². The largest absolute Gasteiger partial charge is 0.481 e. The van der Waals surface area contributed by atoms with E-state index in [9.17, 15) is 13.2 Å². The van der Waals surface area contributed by atoms with Crippen molar-refractivity contribution in [3.05, 3.63) is 78.6 Å². The number of aromatic nitrogens is 1. The van der Waals surface area contributed by atoms with Crippen molar-refractivity contribution in [2.24, 2.45) is 0 Å². The Balaban J connectivity index is 1.76. The number of benzene rings is 2. The molecule has 0 atom stereocenters. The maximum atomic E-state index is 12.5. The first-order valence-corrected chi connectivity index (χ1v) is 9.26. The lowest BCUT2D eigenvalue weighted by Crippen LogP contribution is -2.13. The molecule has 132 valence electrons. The number of carbonyl (C=O) groups is 1. The van der Waals surface area contributed by atoms with Crippen molar-refractivity contribution < 1.29 is 18.3 Å². The summed E-state index contributed by atoms with van der Waals surface area (Å²) in [5, 5.41) is 8.76. The molecule has 0 unspecified atom stereocenters. The number of hydrogen-bond acceptors (Lipinski definition) is 4. The molecule has 2 aromatic carbocycles. The summed E-state index contributed by atoms with van der Waals surface area (Å²) in [6.45, 7) is 0. The Bertz CT molecular complexity index is 1000. The minimum Gasteiger partial charge on any atom is -0.481 e. The van der Waals surface area contributed by atoms with E-state index in [2.05, 4.69) is 9.71 Å². The average molecular weight is 368 g/mol. The topological polar surface area (TPSA) is 96.4 Å². The molecule has 3 aromatic rings. The van der Waals surface area contributed by atoms with Gasteiger partial charge in [0.2, 0.25) is 0 Å². The molecule has 2 N–H and O–H groups in total. The van der Waals surface area contributed by atoms with Crippen LogP contribution in [0, 0.1) is 0 Å². The molecule has 0 aliphatic rings. The van der Waals surface area contributed by atoms with Gasteiger partial charge in [-0.05, 0) is 47.0 Å². The quantitative estimate of drug-likeness (QED) is 0.697. The van der Waals surface area contributed by atoms with Gasteiger partial charge >= 0.3 is 5.97 Å². The molecule has 3 rings (SSSR count). The third-order valence-corrected chi connectivity index (χ3v) is 5.12. The minimum atomic E-state index is -3.73. The molecule has 6 nitrogen and oxygen atoms in total. The summed E-state index contributed by atoms with van der Waals surface area (Å²) < 4.78 is 27.5. The molecule has 0 aliphatic carbocycles. The van der Waals surface area contributed by atoms with Crippen LogP contribution in [0.1, 0.15) is 5.56 Å². The summed E-state index contributed by atoms with van der Waals surface area (Å²) in [6.07, 6.45) is 3.28. The number of carboxylic acids is 1. The summed E-state index contributed by atoms with van der Waals surface area (Å²) in [5.41, 5.74) is 2.74. The number of hydrogen-bond donors (Lipinski definition) is 2. The average Bonchev–Trinajstić information content (AvgIpc) is 2.64. The molecule has 0 radical (unpaired) electrons. The SMILES string of the molecule is O=C(O)Cc1ccc(NS(=O)(=O)c2ccc(-c3cccnc3)cc2)cc1. The van der Waals surface area contributed by atoms with Crippen LogP contribution in [0.4, 0.5) is 5.69 Å². The smallest absolute Gasteiger partial charge is 0.307 e. The summed E-state index contributed by atoms with van der Waals surface area (Å²) in [7, 11) is -3.73. The fraction of sp³-hybridized carbons (Fsp3) is 0.0526. The van der Waals surface area contributed by atoms with Crippen molar-refractivity contribution in [2.75, 3.05) is 4.72 Å². The molecule has 0 amide bonds. The Kier molecular flexibility index (Phi) is 4.99. The van der Waals surface area contributed by atoms with Crippen LogP contribution in [0.2, 0.25) is 0 Å². The van der Waals surface area contributed by atoms with Crippen LogP contribution in [-0.2, 0) is 21.2 Å². The van der Waals surface area contributed by atoms with E-state index in [1.165, 1.54) is 12.1 Å². The maximum absolute atomic E-state index is 12.5. The lowest BCUT2D eigenvalue weighted by atomic mass is 10.1. The monoisotopic (exact) mass is 368 g/mol. The zero-order valence-corrected chi connectivity index (χ0v) is 14.5. The van der Waals surface area contributed by atoms with Crippen LogP contribution >= 0.6 is 0 Å². The summed E-state index contributed by atoms with van der Waals surface area (Å²) in [5.74, 6) is -0.938. The highest BCUT2D eigenvalue weighted by Crippen LogP contribution is 2.22. The highest BCUT2D eigenvalue weighted by Gasteiger charge is 2.14. The Morgan fingerprint density at radius 1 is 0.962 bits per heavy atom. The molecule has 0 spiro atoms. The second-order valence-corrected chi connectivity index (χ2v) is 7.32.